The number of ether oxygens (including phenoxy) is 3. The third-order valence-corrected chi connectivity index (χ3v) is 6.92. The Morgan fingerprint density at radius 2 is 1.90 bits per heavy atom. The molecule has 1 fully saturated rings. The summed E-state index contributed by atoms with van der Waals surface area (Å²) in [5, 5.41) is 11.2. The number of hydrogen-bond donors (Lipinski definition) is 0. The van der Waals surface area contributed by atoms with Crippen molar-refractivity contribution >= 4 is 23.7 Å². The highest BCUT2D eigenvalue weighted by atomic mass is 16.6. The van der Waals surface area contributed by atoms with Gasteiger partial charge in [0.15, 0.2) is 0 Å². The number of unbranched alkanes of at least 4 members (excludes halogenated alkanes) is 3. The van der Waals surface area contributed by atoms with Crippen molar-refractivity contribution < 1.29 is 33.5 Å². The fourth-order valence-corrected chi connectivity index (χ4v) is 4.84. The normalized spacial score (nSPS) is 17.3. The molecule has 1 aliphatic heterocycles. The molecule has 0 bridgehead atoms. The first-order valence-electron chi connectivity index (χ1n) is 13.7. The lowest BCUT2D eigenvalue weighted by Gasteiger charge is -2.27. The summed E-state index contributed by atoms with van der Waals surface area (Å²) in [6, 6.07) is 5.72. The van der Waals surface area contributed by atoms with Crippen LogP contribution in [-0.2, 0) is 30.3 Å². The number of likely N-dealkylation sites (tertiary alicyclic amines) is 1. The molecule has 0 N–H and O–H groups in total. The van der Waals surface area contributed by atoms with Crippen LogP contribution < -0.4 is 4.74 Å². The van der Waals surface area contributed by atoms with Gasteiger partial charge in [0.2, 0.25) is 12.2 Å². The lowest BCUT2D eigenvalue weighted by molar-refractivity contribution is -0.389. The second-order valence-corrected chi connectivity index (χ2v) is 9.76. The number of amides is 1. The van der Waals surface area contributed by atoms with Crippen LogP contribution >= 0.6 is 0 Å². The first-order chi connectivity index (χ1) is 19.3. The van der Waals surface area contributed by atoms with Gasteiger partial charge in [0.1, 0.15) is 30.1 Å². The van der Waals surface area contributed by atoms with Crippen LogP contribution in [0.5, 0.6) is 5.75 Å². The maximum atomic E-state index is 13.8. The van der Waals surface area contributed by atoms with Crippen molar-refractivity contribution in [1.82, 2.24) is 14.5 Å². The van der Waals surface area contributed by atoms with E-state index in [2.05, 4.69) is 11.9 Å². The van der Waals surface area contributed by atoms with Crippen LogP contribution in [0, 0.1) is 10.1 Å². The number of nitrogens with zero attached hydrogens (tertiary/aromatic N) is 4. The molecule has 1 aromatic heterocycles. The number of methoxy groups -OCH3 is 1. The highest BCUT2D eigenvalue weighted by molar-refractivity contribution is 5.87. The molecule has 3 atom stereocenters. The fraction of sp³-hybridized carbons (Fsp3) is 0.571. The molecule has 1 saturated heterocycles. The minimum atomic E-state index is -0.844. The molecule has 0 saturated carbocycles. The predicted molar refractivity (Wildman–Crippen MR) is 145 cm³/mol. The molecule has 1 aliphatic rings. The maximum Gasteiger partial charge on any atom is 0.381 e. The lowest BCUT2D eigenvalue weighted by Crippen LogP contribution is -2.44. The number of hydrogen-bond acceptors (Lipinski definition) is 9. The Balaban J connectivity index is 1.73. The number of carbonyl (C=O) groups excluding carboxylic acids is 3. The summed E-state index contributed by atoms with van der Waals surface area (Å²) in [6.07, 6.45) is 7.31. The van der Waals surface area contributed by atoms with Gasteiger partial charge in [0, 0.05) is 12.8 Å². The lowest BCUT2D eigenvalue weighted by atomic mass is 10.1. The third kappa shape index (κ3) is 8.27. The summed E-state index contributed by atoms with van der Waals surface area (Å²) in [5.74, 6) is -0.899. The molecule has 3 rings (SSSR count). The van der Waals surface area contributed by atoms with Gasteiger partial charge >= 0.3 is 17.8 Å². The zero-order valence-electron chi connectivity index (χ0n) is 23.3. The topological polar surface area (TPSA) is 143 Å². The van der Waals surface area contributed by atoms with Crippen molar-refractivity contribution in [3.8, 4) is 5.75 Å². The Morgan fingerprint density at radius 3 is 2.52 bits per heavy atom. The van der Waals surface area contributed by atoms with E-state index in [1.807, 2.05) is 12.1 Å². The maximum absolute atomic E-state index is 13.8. The van der Waals surface area contributed by atoms with Gasteiger partial charge in [-0.05, 0) is 47.4 Å². The highest BCUT2D eigenvalue weighted by Crippen LogP contribution is 2.29. The second-order valence-electron chi connectivity index (χ2n) is 9.76. The van der Waals surface area contributed by atoms with Gasteiger partial charge in [-0.15, -0.1) is 0 Å². The molecule has 0 aliphatic carbocycles. The van der Waals surface area contributed by atoms with Crippen LogP contribution in [0.1, 0.15) is 70.4 Å². The van der Waals surface area contributed by atoms with E-state index in [0.717, 1.165) is 31.2 Å². The molecule has 1 aromatic carbocycles. The highest BCUT2D eigenvalue weighted by Gasteiger charge is 2.44. The smallest absolute Gasteiger partial charge is 0.381 e. The van der Waals surface area contributed by atoms with E-state index < -0.39 is 29.1 Å². The van der Waals surface area contributed by atoms with Gasteiger partial charge in [0.05, 0.1) is 20.3 Å². The summed E-state index contributed by atoms with van der Waals surface area (Å²) in [7, 11) is 1.27. The van der Waals surface area contributed by atoms with E-state index in [1.165, 1.54) is 29.1 Å². The summed E-state index contributed by atoms with van der Waals surface area (Å²) >= 11 is 0. The van der Waals surface area contributed by atoms with E-state index in [9.17, 15) is 24.5 Å². The Labute approximate surface area is 233 Å². The Hall–Kier alpha value is -3.96. The van der Waals surface area contributed by atoms with Crippen LogP contribution in [-0.4, -0.2) is 69.6 Å². The molecular weight excluding hydrogens is 520 g/mol. The first-order valence-corrected chi connectivity index (χ1v) is 13.7. The summed E-state index contributed by atoms with van der Waals surface area (Å²) < 4.78 is 17.6. The van der Waals surface area contributed by atoms with E-state index in [1.54, 1.807) is 19.1 Å². The Kier molecular flexibility index (Phi) is 11.5. The molecular formula is C28H38N4O8. The molecule has 2 heterocycles. The molecule has 2 aromatic rings. The van der Waals surface area contributed by atoms with Crippen molar-refractivity contribution in [2.24, 2.45) is 0 Å². The number of rotatable bonds is 15. The fourth-order valence-electron chi connectivity index (χ4n) is 4.84. The van der Waals surface area contributed by atoms with E-state index in [4.69, 9.17) is 14.2 Å². The minimum Gasteiger partial charge on any atom is -0.488 e. The molecule has 12 heteroatoms. The summed E-state index contributed by atoms with van der Waals surface area (Å²) in [6.45, 7) is 4.36. The average molecular weight is 559 g/mol. The number of benzene rings is 1. The van der Waals surface area contributed by atoms with Crippen LogP contribution in [0.3, 0.4) is 0 Å². The van der Waals surface area contributed by atoms with Crippen LogP contribution in [0.15, 0.2) is 36.8 Å². The van der Waals surface area contributed by atoms with Crippen molar-refractivity contribution in [1.29, 1.82) is 0 Å². The molecule has 40 heavy (non-hydrogen) atoms. The van der Waals surface area contributed by atoms with Gasteiger partial charge in [-0.25, -0.2) is 4.79 Å². The Morgan fingerprint density at radius 1 is 1.15 bits per heavy atom. The number of aryl methyl sites for hydroxylation is 1. The summed E-state index contributed by atoms with van der Waals surface area (Å²) in [5.41, 5.74) is 0.955. The summed E-state index contributed by atoms with van der Waals surface area (Å²) in [4.78, 5) is 54.0. The van der Waals surface area contributed by atoms with Crippen molar-refractivity contribution in [3.05, 3.63) is 52.5 Å². The third-order valence-electron chi connectivity index (χ3n) is 6.92. The molecule has 1 amide bonds. The molecule has 12 nitrogen and oxygen atoms in total. The quantitative estimate of drug-likeness (QED) is 0.137. The monoisotopic (exact) mass is 558 g/mol. The van der Waals surface area contributed by atoms with Gasteiger partial charge in [0.25, 0.3) is 0 Å². The second kappa shape index (κ2) is 15.0. The van der Waals surface area contributed by atoms with E-state index in [-0.39, 0.29) is 37.1 Å². The van der Waals surface area contributed by atoms with Crippen molar-refractivity contribution in [2.45, 2.75) is 83.4 Å². The largest absolute Gasteiger partial charge is 0.488 e. The van der Waals surface area contributed by atoms with Crippen LogP contribution in [0.25, 0.3) is 0 Å². The number of aromatic nitrogens is 2. The van der Waals surface area contributed by atoms with E-state index in [0.29, 0.717) is 25.2 Å². The van der Waals surface area contributed by atoms with Crippen molar-refractivity contribution in [3.63, 3.8) is 0 Å². The van der Waals surface area contributed by atoms with Gasteiger partial charge < -0.3 is 29.2 Å². The number of carbonyl (C=O) groups is 3. The van der Waals surface area contributed by atoms with Gasteiger partial charge in [-0.3, -0.25) is 14.2 Å². The van der Waals surface area contributed by atoms with Crippen LogP contribution in [0.4, 0.5) is 5.82 Å². The SMILES string of the molecule is CCCCCC[C@@H](C(=O)N1C[C@@H](Oc2ccc(CCC(=O)OCC)cc2)C[C@H]1C(=O)OC)n1cnc([N+](=O)[O-])c1. The molecule has 0 unspecified atom stereocenters. The number of esters is 2. The molecule has 0 radical (unpaired) electrons. The van der Waals surface area contributed by atoms with Crippen molar-refractivity contribution in [2.75, 3.05) is 20.3 Å². The standard InChI is InChI=1S/C28H38N4O8/c1-4-6-7-8-9-23(30-18-25(29-19-30)32(36)37)27(34)31-17-22(16-24(31)28(35)38-3)40-21-13-10-20(11-14-21)12-15-26(33)39-5-2/h10-11,13-14,18-19,22-24H,4-9,12,15-17H2,1-3H3/t22-,23-,24-/m0/s1. The number of nitro groups is 1. The van der Waals surface area contributed by atoms with Crippen LogP contribution in [0.2, 0.25) is 0 Å². The zero-order chi connectivity index (χ0) is 29.1. The average Bonchev–Trinajstić information content (AvgIpc) is 3.60. The Bertz CT molecular complexity index is 1150. The first kappa shape index (κ1) is 30.6. The van der Waals surface area contributed by atoms with E-state index >= 15 is 0 Å². The zero-order valence-corrected chi connectivity index (χ0v) is 23.3. The minimum absolute atomic E-state index is 0.158. The number of imidazole rings is 1. The van der Waals surface area contributed by atoms with Gasteiger partial charge in [-0.1, -0.05) is 44.7 Å². The molecule has 0 spiro atoms. The predicted octanol–water partition coefficient (Wildman–Crippen LogP) is 4.02. The van der Waals surface area contributed by atoms with Gasteiger partial charge in [-0.2, -0.15) is 0 Å². The molecule has 218 valence electrons.